The van der Waals surface area contributed by atoms with Crippen LogP contribution in [0.3, 0.4) is 0 Å². The third kappa shape index (κ3) is 6.04. The van der Waals surface area contributed by atoms with E-state index < -0.39 is 23.8 Å². The first-order valence-electron chi connectivity index (χ1n) is 8.18. The Balaban J connectivity index is 1.79. The fourth-order valence-electron chi connectivity index (χ4n) is 2.18. The highest BCUT2D eigenvalue weighted by molar-refractivity contribution is 5.98. The molecule has 0 aliphatic heterocycles. The van der Waals surface area contributed by atoms with Crippen LogP contribution >= 0.6 is 0 Å². The number of nitriles is 1. The summed E-state index contributed by atoms with van der Waals surface area (Å²) in [6.07, 6.45) is -1.34. The highest BCUT2D eigenvalue weighted by Gasteiger charge is 2.19. The van der Waals surface area contributed by atoms with E-state index in [-0.39, 0.29) is 18.6 Å². The maximum atomic E-state index is 12.8. The molecule has 6 nitrogen and oxygen atoms in total. The van der Waals surface area contributed by atoms with Crippen LogP contribution in [0.1, 0.15) is 35.7 Å². The number of amides is 1. The van der Waals surface area contributed by atoms with Crippen molar-refractivity contribution in [3.63, 3.8) is 0 Å². The van der Waals surface area contributed by atoms with E-state index in [1.165, 1.54) is 31.2 Å². The number of rotatable bonds is 7. The third-order valence-corrected chi connectivity index (χ3v) is 3.68. The molecule has 0 saturated heterocycles. The molecule has 7 heteroatoms. The second-order valence-electron chi connectivity index (χ2n) is 5.74. The van der Waals surface area contributed by atoms with Crippen LogP contribution in [0.15, 0.2) is 48.5 Å². The van der Waals surface area contributed by atoms with Gasteiger partial charge in [-0.15, -0.1) is 0 Å². The van der Waals surface area contributed by atoms with Gasteiger partial charge in [0.2, 0.25) is 0 Å². The van der Waals surface area contributed by atoms with Crippen LogP contribution in [-0.2, 0) is 14.3 Å². The minimum atomic E-state index is -1.05. The summed E-state index contributed by atoms with van der Waals surface area (Å²) in [5, 5.41) is 11.3. The van der Waals surface area contributed by atoms with Crippen molar-refractivity contribution >= 4 is 23.3 Å². The molecule has 2 aromatic carbocycles. The summed E-state index contributed by atoms with van der Waals surface area (Å²) in [7, 11) is 0. The van der Waals surface area contributed by atoms with Crippen LogP contribution in [0.2, 0.25) is 0 Å². The van der Waals surface area contributed by atoms with Crippen molar-refractivity contribution in [1.29, 1.82) is 5.26 Å². The van der Waals surface area contributed by atoms with Crippen LogP contribution in [0, 0.1) is 17.1 Å². The van der Waals surface area contributed by atoms with Gasteiger partial charge >= 0.3 is 5.97 Å². The van der Waals surface area contributed by atoms with Crippen LogP contribution in [0.5, 0.6) is 0 Å². The Morgan fingerprint density at radius 2 is 1.70 bits per heavy atom. The van der Waals surface area contributed by atoms with E-state index in [1.807, 2.05) is 6.07 Å². The highest BCUT2D eigenvalue weighted by atomic mass is 19.1. The normalized spacial score (nSPS) is 11.1. The number of hydrogen-bond donors (Lipinski definition) is 1. The van der Waals surface area contributed by atoms with Crippen LogP contribution < -0.4 is 5.32 Å². The average Bonchev–Trinajstić information content (AvgIpc) is 2.67. The molecule has 0 radical (unpaired) electrons. The van der Waals surface area contributed by atoms with E-state index >= 15 is 0 Å². The number of anilines is 1. The summed E-state index contributed by atoms with van der Waals surface area (Å²) < 4.78 is 17.9. The number of nitrogens with one attached hydrogen (secondary N) is 1. The van der Waals surface area contributed by atoms with E-state index in [9.17, 15) is 18.8 Å². The largest absolute Gasteiger partial charge is 0.453 e. The Morgan fingerprint density at radius 1 is 1.07 bits per heavy atom. The standard InChI is InChI=1S/C20H17FN2O4/c1-13(20(26)23-17-8-2-14(12-22)3-9-17)27-19(25)11-10-18(24)15-4-6-16(21)7-5-15/h2-9,13H,10-11H2,1H3,(H,23,26)/t13-/m0/s1. The number of carbonyl (C=O) groups excluding carboxylic acids is 3. The Morgan fingerprint density at radius 3 is 2.30 bits per heavy atom. The van der Waals surface area contributed by atoms with Gasteiger partial charge in [0.1, 0.15) is 5.82 Å². The smallest absolute Gasteiger partial charge is 0.307 e. The van der Waals surface area contributed by atoms with Crippen molar-refractivity contribution in [1.82, 2.24) is 0 Å². The molecule has 1 amide bonds. The predicted molar refractivity (Wildman–Crippen MR) is 95.3 cm³/mol. The van der Waals surface area contributed by atoms with E-state index in [4.69, 9.17) is 10.00 Å². The van der Waals surface area contributed by atoms with Crippen LogP contribution in [0.4, 0.5) is 10.1 Å². The lowest BCUT2D eigenvalue weighted by atomic mass is 10.1. The number of benzene rings is 2. The number of Topliss-reactive ketones (excluding diaryl/α,β-unsaturated/α-hetero) is 1. The summed E-state index contributed by atoms with van der Waals surface area (Å²) in [6.45, 7) is 1.42. The molecule has 0 bridgehead atoms. The van der Waals surface area contributed by atoms with Crippen LogP contribution in [0.25, 0.3) is 0 Å². The van der Waals surface area contributed by atoms with Gasteiger partial charge in [-0.05, 0) is 55.5 Å². The maximum Gasteiger partial charge on any atom is 0.307 e. The second-order valence-corrected chi connectivity index (χ2v) is 5.74. The molecule has 0 aromatic heterocycles. The molecule has 0 aliphatic rings. The zero-order chi connectivity index (χ0) is 19.8. The molecule has 138 valence electrons. The molecule has 27 heavy (non-hydrogen) atoms. The molecule has 0 unspecified atom stereocenters. The Kier molecular flexibility index (Phi) is 6.78. The van der Waals surface area contributed by atoms with Crippen molar-refractivity contribution < 1.29 is 23.5 Å². The lowest BCUT2D eigenvalue weighted by Crippen LogP contribution is -2.30. The average molecular weight is 368 g/mol. The highest BCUT2D eigenvalue weighted by Crippen LogP contribution is 2.11. The topological polar surface area (TPSA) is 96.3 Å². The van der Waals surface area contributed by atoms with E-state index in [2.05, 4.69) is 5.32 Å². The van der Waals surface area contributed by atoms with E-state index in [0.717, 1.165) is 0 Å². The lowest BCUT2D eigenvalue weighted by Gasteiger charge is -2.13. The molecule has 1 atom stereocenters. The van der Waals surface area contributed by atoms with Gasteiger partial charge in [0.15, 0.2) is 11.9 Å². The molecule has 0 spiro atoms. The molecule has 0 fully saturated rings. The molecular formula is C20H17FN2O4. The SMILES string of the molecule is C[C@H](OC(=O)CCC(=O)c1ccc(F)cc1)C(=O)Nc1ccc(C#N)cc1. The third-order valence-electron chi connectivity index (χ3n) is 3.68. The first kappa shape index (κ1) is 19.8. The first-order valence-corrected chi connectivity index (χ1v) is 8.18. The number of esters is 1. The van der Waals surface area contributed by atoms with Crippen molar-refractivity contribution in [2.45, 2.75) is 25.9 Å². The number of ketones is 1. The van der Waals surface area contributed by atoms with Crippen molar-refractivity contribution in [3.8, 4) is 6.07 Å². The van der Waals surface area contributed by atoms with E-state index in [0.29, 0.717) is 16.8 Å². The van der Waals surface area contributed by atoms with E-state index in [1.54, 1.807) is 24.3 Å². The molecule has 2 aromatic rings. The maximum absolute atomic E-state index is 12.8. The number of carbonyl (C=O) groups is 3. The Labute approximate surface area is 155 Å². The summed E-state index contributed by atoms with van der Waals surface area (Å²) >= 11 is 0. The van der Waals surface area contributed by atoms with Crippen molar-refractivity contribution in [3.05, 3.63) is 65.5 Å². The number of hydrogen-bond acceptors (Lipinski definition) is 5. The molecule has 0 heterocycles. The molecule has 0 saturated carbocycles. The van der Waals surface area contributed by atoms with Gasteiger partial charge in [-0.25, -0.2) is 4.39 Å². The number of nitrogens with zero attached hydrogens (tertiary/aromatic N) is 1. The first-order chi connectivity index (χ1) is 12.9. The summed E-state index contributed by atoms with van der Waals surface area (Å²) in [5.41, 5.74) is 1.22. The van der Waals surface area contributed by atoms with Crippen LogP contribution in [-0.4, -0.2) is 23.8 Å². The minimum Gasteiger partial charge on any atom is -0.453 e. The molecule has 1 N–H and O–H groups in total. The van der Waals surface area contributed by atoms with Gasteiger partial charge in [0.05, 0.1) is 18.1 Å². The number of halogens is 1. The van der Waals surface area contributed by atoms with Crippen molar-refractivity contribution in [2.24, 2.45) is 0 Å². The van der Waals surface area contributed by atoms with Gasteiger partial charge in [-0.1, -0.05) is 0 Å². The molecule has 0 aliphatic carbocycles. The van der Waals surface area contributed by atoms with Crippen molar-refractivity contribution in [2.75, 3.05) is 5.32 Å². The summed E-state index contributed by atoms with van der Waals surface area (Å²) in [6, 6.07) is 13.2. The molecule has 2 rings (SSSR count). The van der Waals surface area contributed by atoms with Gasteiger partial charge in [-0.2, -0.15) is 5.26 Å². The quantitative estimate of drug-likeness (QED) is 0.598. The zero-order valence-electron chi connectivity index (χ0n) is 14.6. The second kappa shape index (κ2) is 9.25. The Hall–Kier alpha value is -3.53. The van der Waals surface area contributed by atoms with Gasteiger partial charge in [0.25, 0.3) is 5.91 Å². The lowest BCUT2D eigenvalue weighted by molar-refractivity contribution is -0.153. The van der Waals surface area contributed by atoms with Gasteiger partial charge in [-0.3, -0.25) is 14.4 Å². The summed E-state index contributed by atoms with van der Waals surface area (Å²) in [5.74, 6) is -1.99. The number of ether oxygens (including phenoxy) is 1. The zero-order valence-corrected chi connectivity index (χ0v) is 14.6. The van der Waals surface area contributed by atoms with Gasteiger partial charge < -0.3 is 10.1 Å². The molecular weight excluding hydrogens is 351 g/mol. The summed E-state index contributed by atoms with van der Waals surface area (Å²) in [4.78, 5) is 35.8. The monoisotopic (exact) mass is 368 g/mol. The predicted octanol–water partition coefficient (Wildman–Crippen LogP) is 3.23. The Bertz CT molecular complexity index is 870. The van der Waals surface area contributed by atoms with Gasteiger partial charge in [0, 0.05) is 17.7 Å². The fourth-order valence-corrected chi connectivity index (χ4v) is 2.18. The fraction of sp³-hybridized carbons (Fsp3) is 0.200. The minimum absolute atomic E-state index is 0.103.